The van der Waals surface area contributed by atoms with Gasteiger partial charge in [-0.15, -0.1) is 0 Å². The maximum Gasteiger partial charge on any atom is 0.256 e. The van der Waals surface area contributed by atoms with Crippen molar-refractivity contribution in [2.24, 2.45) is 7.05 Å². The monoisotopic (exact) mass is 420 g/mol. The Morgan fingerprint density at radius 2 is 1.62 bits per heavy atom. The lowest BCUT2D eigenvalue weighted by atomic mass is 10.0. The van der Waals surface area contributed by atoms with Crippen molar-refractivity contribution in [3.05, 3.63) is 114 Å². The molecule has 5 aromatic rings. The molecule has 2 heterocycles. The largest absolute Gasteiger partial charge is 0.350 e. The van der Waals surface area contributed by atoms with Gasteiger partial charge in [0.2, 0.25) is 0 Å². The number of benzene rings is 3. The van der Waals surface area contributed by atoms with E-state index < -0.39 is 0 Å². The molecule has 0 aliphatic carbocycles. The fraction of sp³-hybridized carbons (Fsp3) is 0.111. The number of aromatic amines is 1. The average molecular weight is 421 g/mol. The number of aromatic nitrogens is 3. The summed E-state index contributed by atoms with van der Waals surface area (Å²) in [7, 11) is 1.97. The molecular weight excluding hydrogens is 396 g/mol. The van der Waals surface area contributed by atoms with Crippen molar-refractivity contribution in [1.82, 2.24) is 19.4 Å². The van der Waals surface area contributed by atoms with Crippen LogP contribution in [-0.2, 0) is 20.1 Å². The van der Waals surface area contributed by atoms with Gasteiger partial charge in [-0.25, -0.2) is 4.98 Å². The lowest BCUT2D eigenvalue weighted by Crippen LogP contribution is -2.30. The summed E-state index contributed by atoms with van der Waals surface area (Å²) in [5.74, 6) is 0.754. The van der Waals surface area contributed by atoms with E-state index >= 15 is 0 Å². The minimum atomic E-state index is -0.00895. The zero-order valence-electron chi connectivity index (χ0n) is 17.9. The van der Waals surface area contributed by atoms with Crippen molar-refractivity contribution in [2.45, 2.75) is 13.1 Å². The number of rotatable bonds is 6. The minimum Gasteiger partial charge on any atom is -0.350 e. The van der Waals surface area contributed by atoms with E-state index in [0.717, 1.165) is 27.9 Å². The molecule has 0 atom stereocenters. The second kappa shape index (κ2) is 8.55. The topological polar surface area (TPSA) is 53.9 Å². The number of carbonyl (C=O) groups excluding carboxylic acids is 1. The highest BCUT2D eigenvalue weighted by Gasteiger charge is 2.21. The fourth-order valence-electron chi connectivity index (χ4n) is 4.10. The zero-order valence-corrected chi connectivity index (χ0v) is 17.9. The number of nitrogens with zero attached hydrogens (tertiary/aromatic N) is 3. The molecule has 0 spiro atoms. The van der Waals surface area contributed by atoms with E-state index in [9.17, 15) is 4.79 Å². The Morgan fingerprint density at radius 3 is 2.38 bits per heavy atom. The number of H-pyrrole nitrogens is 1. The highest BCUT2D eigenvalue weighted by Crippen LogP contribution is 2.24. The number of amides is 1. The number of carbonyl (C=O) groups is 1. The van der Waals surface area contributed by atoms with Crippen LogP contribution in [0.15, 0.2) is 97.5 Å². The van der Waals surface area contributed by atoms with E-state index in [1.807, 2.05) is 65.2 Å². The molecule has 32 heavy (non-hydrogen) atoms. The molecule has 5 rings (SSSR count). The van der Waals surface area contributed by atoms with Gasteiger partial charge in [-0.3, -0.25) is 4.79 Å². The molecule has 0 bridgehead atoms. The molecule has 0 fully saturated rings. The van der Waals surface area contributed by atoms with Crippen LogP contribution in [0.5, 0.6) is 0 Å². The first-order valence-corrected chi connectivity index (χ1v) is 10.6. The first kappa shape index (κ1) is 19.8. The Hall–Kier alpha value is -4.12. The predicted octanol–water partition coefficient (Wildman–Crippen LogP) is 5.41. The zero-order chi connectivity index (χ0) is 21.9. The third-order valence-corrected chi connectivity index (χ3v) is 5.74. The van der Waals surface area contributed by atoms with Crippen LogP contribution in [0.1, 0.15) is 21.7 Å². The summed E-state index contributed by atoms with van der Waals surface area (Å²) in [5.41, 5.74) is 5.16. The van der Waals surface area contributed by atoms with Gasteiger partial charge in [0, 0.05) is 43.1 Å². The average Bonchev–Trinajstić information content (AvgIpc) is 3.47. The molecule has 1 amide bonds. The number of imidazole rings is 1. The van der Waals surface area contributed by atoms with E-state index in [4.69, 9.17) is 0 Å². The molecule has 0 unspecified atom stereocenters. The predicted molar refractivity (Wildman–Crippen MR) is 127 cm³/mol. The smallest absolute Gasteiger partial charge is 0.256 e. The summed E-state index contributed by atoms with van der Waals surface area (Å²) in [6.45, 7) is 0.910. The van der Waals surface area contributed by atoms with Gasteiger partial charge >= 0.3 is 0 Å². The Kier molecular flexibility index (Phi) is 5.30. The number of fused-ring (bicyclic) bond motifs is 1. The Balaban J connectivity index is 1.45. The van der Waals surface area contributed by atoms with Gasteiger partial charge in [-0.2, -0.15) is 0 Å². The molecule has 2 aromatic heterocycles. The molecule has 0 saturated carbocycles. The summed E-state index contributed by atoms with van der Waals surface area (Å²) in [5, 5.41) is 0.962. The molecule has 0 aliphatic rings. The molecule has 0 saturated heterocycles. The van der Waals surface area contributed by atoms with E-state index in [2.05, 4.69) is 46.4 Å². The van der Waals surface area contributed by atoms with Gasteiger partial charge in [0.1, 0.15) is 5.82 Å². The van der Waals surface area contributed by atoms with Crippen LogP contribution in [0.25, 0.3) is 22.0 Å². The molecule has 0 radical (unpaired) electrons. The van der Waals surface area contributed by atoms with Crippen LogP contribution in [0.4, 0.5) is 0 Å². The molecule has 5 nitrogen and oxygen atoms in total. The first-order valence-electron chi connectivity index (χ1n) is 10.6. The highest BCUT2D eigenvalue weighted by molar-refractivity contribution is 6.06. The van der Waals surface area contributed by atoms with Crippen LogP contribution >= 0.6 is 0 Å². The number of nitrogens with one attached hydrogen (secondary N) is 1. The third-order valence-electron chi connectivity index (χ3n) is 5.74. The second-order valence-electron chi connectivity index (χ2n) is 7.93. The van der Waals surface area contributed by atoms with Crippen molar-refractivity contribution in [3.8, 4) is 11.1 Å². The second-order valence-corrected chi connectivity index (χ2v) is 7.93. The standard InChI is InChI=1S/C27H24N4O/c1-30-18-24(23-9-5-6-10-25(23)30)27(32)31(19-26-28-15-16-29-26)17-20-11-13-22(14-12-20)21-7-3-2-4-8-21/h2-16,18H,17,19H2,1H3,(H,28,29). The van der Waals surface area contributed by atoms with Crippen LogP contribution in [0, 0.1) is 0 Å². The third kappa shape index (κ3) is 3.93. The van der Waals surface area contributed by atoms with Gasteiger partial charge in [-0.05, 0) is 22.8 Å². The van der Waals surface area contributed by atoms with Gasteiger partial charge in [0.25, 0.3) is 5.91 Å². The minimum absolute atomic E-state index is 0.00895. The van der Waals surface area contributed by atoms with E-state index in [1.54, 1.807) is 12.4 Å². The summed E-state index contributed by atoms with van der Waals surface area (Å²) in [6.07, 6.45) is 5.41. The SMILES string of the molecule is Cn1cc(C(=O)N(Cc2ccc(-c3ccccc3)cc2)Cc2ncc[nH]2)c2ccccc21. The maximum atomic E-state index is 13.7. The summed E-state index contributed by atoms with van der Waals surface area (Å²) < 4.78 is 2.00. The van der Waals surface area contributed by atoms with Crippen molar-refractivity contribution in [3.63, 3.8) is 0 Å². The van der Waals surface area contributed by atoms with Gasteiger partial charge in [-0.1, -0.05) is 72.8 Å². The maximum absolute atomic E-state index is 13.7. The summed E-state index contributed by atoms with van der Waals surface area (Å²) in [6, 6.07) is 26.7. The van der Waals surface area contributed by atoms with Crippen LogP contribution in [0.3, 0.4) is 0 Å². The van der Waals surface area contributed by atoms with Gasteiger partial charge in [0.05, 0.1) is 12.1 Å². The van der Waals surface area contributed by atoms with Crippen molar-refractivity contribution >= 4 is 16.8 Å². The molecule has 3 aromatic carbocycles. The van der Waals surface area contributed by atoms with Crippen molar-refractivity contribution in [2.75, 3.05) is 0 Å². The van der Waals surface area contributed by atoms with Crippen LogP contribution < -0.4 is 0 Å². The number of para-hydroxylation sites is 1. The quantitative estimate of drug-likeness (QED) is 0.399. The number of hydrogen-bond acceptors (Lipinski definition) is 2. The van der Waals surface area contributed by atoms with Crippen LogP contribution in [-0.4, -0.2) is 25.3 Å². The molecule has 5 heteroatoms. The Morgan fingerprint density at radius 1 is 0.906 bits per heavy atom. The Bertz CT molecular complexity index is 1340. The normalized spacial score (nSPS) is 11.0. The van der Waals surface area contributed by atoms with E-state index in [-0.39, 0.29) is 5.91 Å². The highest BCUT2D eigenvalue weighted by atomic mass is 16.2. The van der Waals surface area contributed by atoms with Gasteiger partial charge < -0.3 is 14.5 Å². The summed E-state index contributed by atoms with van der Waals surface area (Å²) in [4.78, 5) is 23.0. The van der Waals surface area contributed by atoms with Gasteiger partial charge in [0.15, 0.2) is 0 Å². The van der Waals surface area contributed by atoms with E-state index in [1.165, 1.54) is 5.56 Å². The molecule has 158 valence electrons. The first-order chi connectivity index (χ1) is 15.7. The lowest BCUT2D eigenvalue weighted by Gasteiger charge is -2.22. The van der Waals surface area contributed by atoms with E-state index in [0.29, 0.717) is 18.7 Å². The summed E-state index contributed by atoms with van der Waals surface area (Å²) >= 11 is 0. The van der Waals surface area contributed by atoms with Crippen molar-refractivity contribution < 1.29 is 4.79 Å². The van der Waals surface area contributed by atoms with Crippen LogP contribution in [0.2, 0.25) is 0 Å². The lowest BCUT2D eigenvalue weighted by molar-refractivity contribution is 0.0727. The fourth-order valence-corrected chi connectivity index (χ4v) is 4.10. The number of hydrogen-bond donors (Lipinski definition) is 1. The number of aryl methyl sites for hydroxylation is 1. The Labute approximate surface area is 187 Å². The van der Waals surface area contributed by atoms with Crippen molar-refractivity contribution in [1.29, 1.82) is 0 Å². The molecule has 1 N–H and O–H groups in total. The molecule has 0 aliphatic heterocycles. The molecular formula is C27H24N4O.